The Hall–Kier alpha value is -4.71. The van der Waals surface area contributed by atoms with Crippen molar-refractivity contribution in [3.63, 3.8) is 0 Å². The molecule has 0 fully saturated rings. The van der Waals surface area contributed by atoms with E-state index in [1.54, 1.807) is 27.4 Å². The standard InChI is InChI=1S/C46H55NO6Si/c1-30(2)54(31(3)4,32(5)6)24-12-11-22-47-29-34(40-27-37(50-8)19-20-38(40)39-21-23-53-45(48)44(39)52-10)28-46(35-16-14-17-36(26-35)49-7)42(47)25-33-15-13-18-41(51-9)43(33)46/h13-21,23,26-28,30-32,42H,11,22,25,29H2,1-10H3/t42-,46+/m0/s1. The van der Waals surface area contributed by atoms with Crippen LogP contribution in [0.2, 0.25) is 16.6 Å². The Bertz CT molecular complexity index is 2120. The van der Waals surface area contributed by atoms with Crippen molar-refractivity contribution in [2.75, 3.05) is 41.5 Å². The molecule has 1 aliphatic carbocycles. The van der Waals surface area contributed by atoms with Crippen LogP contribution in [0.5, 0.6) is 23.0 Å². The third kappa shape index (κ3) is 6.67. The average Bonchev–Trinajstić information content (AvgIpc) is 3.53. The van der Waals surface area contributed by atoms with E-state index in [0.29, 0.717) is 34.5 Å². The first kappa shape index (κ1) is 39.0. The highest BCUT2D eigenvalue weighted by Gasteiger charge is 2.53. The number of benzene rings is 3. The lowest BCUT2D eigenvalue weighted by Crippen LogP contribution is -2.52. The molecule has 0 N–H and O–H groups in total. The van der Waals surface area contributed by atoms with Crippen molar-refractivity contribution in [1.29, 1.82) is 0 Å². The van der Waals surface area contributed by atoms with Crippen LogP contribution in [-0.4, -0.2) is 60.5 Å². The van der Waals surface area contributed by atoms with Gasteiger partial charge in [-0.1, -0.05) is 71.9 Å². The van der Waals surface area contributed by atoms with E-state index in [2.05, 4.69) is 106 Å². The molecular weight excluding hydrogens is 691 g/mol. The molecule has 4 aromatic rings. The summed E-state index contributed by atoms with van der Waals surface area (Å²) in [5.74, 6) is 6.29. The van der Waals surface area contributed by atoms with Gasteiger partial charge in [-0.05, 0) is 93.3 Å². The zero-order chi connectivity index (χ0) is 38.8. The van der Waals surface area contributed by atoms with Crippen molar-refractivity contribution in [1.82, 2.24) is 4.90 Å². The predicted octanol–water partition coefficient (Wildman–Crippen LogP) is 9.56. The SMILES string of the molecule is COc1cccc([C@]23C=C(c4cc(OC)ccc4-c4ccoc(=O)c4OC)CN(CCC#C[Si](C(C)C)(C(C)C)C(C)C)[C@H]2Cc2cccc(OC)c23)c1. The second kappa shape index (κ2) is 15.9. The van der Waals surface area contributed by atoms with Gasteiger partial charge >= 0.3 is 5.63 Å². The average molecular weight is 746 g/mol. The van der Waals surface area contributed by atoms with E-state index in [-0.39, 0.29) is 11.8 Å². The van der Waals surface area contributed by atoms with Crippen molar-refractivity contribution in [3.05, 3.63) is 112 Å². The molecule has 2 aliphatic rings. The maximum absolute atomic E-state index is 12.9. The van der Waals surface area contributed by atoms with E-state index in [0.717, 1.165) is 58.7 Å². The molecule has 2 atom stereocenters. The fourth-order valence-corrected chi connectivity index (χ4v) is 15.0. The highest BCUT2D eigenvalue weighted by atomic mass is 28.3. The molecule has 0 radical (unpaired) electrons. The highest BCUT2D eigenvalue weighted by molar-refractivity contribution is 6.90. The van der Waals surface area contributed by atoms with E-state index in [9.17, 15) is 4.79 Å². The van der Waals surface area contributed by atoms with E-state index in [1.165, 1.54) is 18.9 Å². The largest absolute Gasteiger partial charge is 0.497 e. The van der Waals surface area contributed by atoms with Crippen molar-refractivity contribution >= 4 is 13.6 Å². The number of fused-ring (bicyclic) bond motifs is 3. The molecule has 0 unspecified atom stereocenters. The van der Waals surface area contributed by atoms with Crippen molar-refractivity contribution in [2.45, 2.75) is 82.5 Å². The summed E-state index contributed by atoms with van der Waals surface area (Å²) in [5.41, 5.74) is 11.6. The molecule has 8 heteroatoms. The maximum Gasteiger partial charge on any atom is 0.379 e. The Labute approximate surface area is 322 Å². The monoisotopic (exact) mass is 745 g/mol. The first-order valence-electron chi connectivity index (χ1n) is 19.1. The molecule has 7 nitrogen and oxygen atoms in total. The van der Waals surface area contributed by atoms with Gasteiger partial charge in [-0.2, -0.15) is 0 Å². The van der Waals surface area contributed by atoms with Gasteiger partial charge in [-0.25, -0.2) is 4.79 Å². The van der Waals surface area contributed by atoms with Gasteiger partial charge in [0.05, 0.1) is 40.1 Å². The molecule has 2 heterocycles. The minimum Gasteiger partial charge on any atom is -0.497 e. The Balaban J connectivity index is 1.61. The van der Waals surface area contributed by atoms with Crippen LogP contribution in [0.25, 0.3) is 16.7 Å². The highest BCUT2D eigenvalue weighted by Crippen LogP contribution is 2.55. The zero-order valence-corrected chi connectivity index (χ0v) is 34.5. The van der Waals surface area contributed by atoms with Gasteiger partial charge in [0.2, 0.25) is 5.75 Å². The molecule has 0 saturated carbocycles. The number of ether oxygens (including phenoxy) is 4. The third-order valence-electron chi connectivity index (χ3n) is 12.1. The number of rotatable bonds is 12. The Morgan fingerprint density at radius 1 is 0.815 bits per heavy atom. The number of nitrogens with zero attached hydrogens (tertiary/aromatic N) is 1. The van der Waals surface area contributed by atoms with Gasteiger partial charge < -0.3 is 23.4 Å². The van der Waals surface area contributed by atoms with Gasteiger partial charge in [0.1, 0.15) is 25.3 Å². The first-order valence-corrected chi connectivity index (χ1v) is 21.3. The van der Waals surface area contributed by atoms with Gasteiger partial charge in [0, 0.05) is 36.7 Å². The van der Waals surface area contributed by atoms with Gasteiger partial charge in [-0.3, -0.25) is 4.90 Å². The van der Waals surface area contributed by atoms with Crippen LogP contribution in [0, 0.1) is 11.5 Å². The van der Waals surface area contributed by atoms with Gasteiger partial charge in [0.25, 0.3) is 0 Å². The normalized spacial score (nSPS) is 18.2. The molecular formula is C46H55NO6Si. The predicted molar refractivity (Wildman–Crippen MR) is 221 cm³/mol. The van der Waals surface area contributed by atoms with Gasteiger partial charge in [0.15, 0.2) is 0 Å². The molecule has 6 rings (SSSR count). The lowest BCUT2D eigenvalue weighted by atomic mass is 9.68. The Morgan fingerprint density at radius 2 is 1.52 bits per heavy atom. The third-order valence-corrected chi connectivity index (χ3v) is 18.4. The molecule has 3 aromatic carbocycles. The smallest absolute Gasteiger partial charge is 0.379 e. The van der Waals surface area contributed by atoms with Crippen molar-refractivity contribution in [2.24, 2.45) is 0 Å². The molecule has 0 spiro atoms. The fraction of sp³-hybridized carbons (Fsp3) is 0.413. The lowest BCUT2D eigenvalue weighted by Gasteiger charge is -2.46. The zero-order valence-electron chi connectivity index (χ0n) is 33.5. The van der Waals surface area contributed by atoms with Crippen LogP contribution < -0.4 is 24.6 Å². The molecule has 284 valence electrons. The Morgan fingerprint density at radius 3 is 2.19 bits per heavy atom. The summed E-state index contributed by atoms with van der Waals surface area (Å²) in [7, 11) is 4.75. The number of hydrogen-bond donors (Lipinski definition) is 0. The fourth-order valence-electron chi connectivity index (χ4n) is 9.66. The molecule has 0 bridgehead atoms. The van der Waals surface area contributed by atoms with Crippen LogP contribution in [0.3, 0.4) is 0 Å². The lowest BCUT2D eigenvalue weighted by molar-refractivity contribution is 0.178. The molecule has 0 amide bonds. The molecule has 1 aromatic heterocycles. The molecule has 54 heavy (non-hydrogen) atoms. The molecule has 1 aliphatic heterocycles. The number of hydrogen-bond acceptors (Lipinski definition) is 7. The van der Waals surface area contributed by atoms with Crippen molar-refractivity contribution in [3.8, 4) is 45.6 Å². The van der Waals surface area contributed by atoms with E-state index >= 15 is 0 Å². The number of methoxy groups -OCH3 is 4. The van der Waals surface area contributed by atoms with Crippen LogP contribution in [-0.2, 0) is 11.8 Å². The van der Waals surface area contributed by atoms with Crippen LogP contribution in [0.1, 0.15) is 70.2 Å². The quantitative estimate of drug-likeness (QED) is 0.106. The van der Waals surface area contributed by atoms with Crippen molar-refractivity contribution < 1.29 is 23.4 Å². The summed E-state index contributed by atoms with van der Waals surface area (Å²) in [5, 5.41) is 0. The Kier molecular flexibility index (Phi) is 11.5. The summed E-state index contributed by atoms with van der Waals surface area (Å²) >= 11 is 0. The summed E-state index contributed by atoms with van der Waals surface area (Å²) in [4.78, 5) is 15.5. The van der Waals surface area contributed by atoms with Crippen LogP contribution >= 0.6 is 0 Å². The van der Waals surface area contributed by atoms with Gasteiger partial charge in [-0.15, -0.1) is 11.5 Å². The first-order chi connectivity index (χ1) is 26.0. The minimum atomic E-state index is -1.90. The molecule has 0 saturated heterocycles. The summed E-state index contributed by atoms with van der Waals surface area (Å²) in [6, 6.07) is 22.7. The second-order valence-corrected chi connectivity index (χ2v) is 21.1. The second-order valence-electron chi connectivity index (χ2n) is 15.5. The van der Waals surface area contributed by atoms with E-state index in [4.69, 9.17) is 23.4 Å². The minimum absolute atomic E-state index is 0.0797. The van der Waals surface area contributed by atoms with E-state index in [1.807, 2.05) is 18.2 Å². The van der Waals surface area contributed by atoms with E-state index < -0.39 is 19.1 Å². The summed E-state index contributed by atoms with van der Waals surface area (Å²) in [6.07, 6.45) is 5.47. The van der Waals surface area contributed by atoms with Crippen LogP contribution in [0.15, 0.2) is 88.3 Å². The maximum atomic E-state index is 12.9. The summed E-state index contributed by atoms with van der Waals surface area (Å²) in [6.45, 7) is 15.7. The van der Waals surface area contributed by atoms with Crippen LogP contribution in [0.4, 0.5) is 0 Å². The summed E-state index contributed by atoms with van der Waals surface area (Å²) < 4.78 is 28.7. The topological polar surface area (TPSA) is 70.4 Å².